The number of aliphatic hydroxyl groups excluding tert-OH is 2. The average molecular weight is 533 g/mol. The summed E-state index contributed by atoms with van der Waals surface area (Å²) in [7, 11) is -2.54. The number of nitrogens with zero attached hydrogens (tertiary/aromatic N) is 2. The van der Waals surface area contributed by atoms with Crippen molar-refractivity contribution in [3.8, 4) is 10.4 Å². The van der Waals surface area contributed by atoms with E-state index < -0.39 is 22.6 Å². The summed E-state index contributed by atoms with van der Waals surface area (Å²) in [6.07, 6.45) is 0.118. The van der Waals surface area contributed by atoms with Crippen LogP contribution < -0.4 is 11.1 Å². The molecule has 0 spiro atoms. The molecular formula is C25H32N4O5S2. The number of hydrogen-bond donors (Lipinski definition) is 6. The van der Waals surface area contributed by atoms with Crippen LogP contribution in [0.4, 0.5) is 10.8 Å². The molecule has 11 heteroatoms. The molecule has 1 aliphatic heterocycles. The third-order valence-corrected chi connectivity index (χ3v) is 9.11. The van der Waals surface area contributed by atoms with Crippen molar-refractivity contribution in [2.75, 3.05) is 36.5 Å². The van der Waals surface area contributed by atoms with Crippen LogP contribution in [0, 0.1) is 0 Å². The van der Waals surface area contributed by atoms with E-state index in [2.05, 4.69) is 10.3 Å². The molecule has 4 rings (SSSR count). The number of aromatic nitrogens is 1. The van der Waals surface area contributed by atoms with E-state index in [0.29, 0.717) is 41.6 Å². The van der Waals surface area contributed by atoms with Gasteiger partial charge >= 0.3 is 0 Å². The molecule has 2 unspecified atom stereocenters. The van der Waals surface area contributed by atoms with E-state index in [1.54, 1.807) is 12.1 Å². The van der Waals surface area contributed by atoms with Gasteiger partial charge < -0.3 is 21.3 Å². The lowest BCUT2D eigenvalue weighted by Gasteiger charge is -2.43. The molecule has 194 valence electrons. The predicted octanol–water partition coefficient (Wildman–Crippen LogP) is 4.20. The number of carbonyl (C=O) groups excluding carboxylic acids is 1. The molecule has 0 aliphatic carbocycles. The molecule has 2 aromatic heterocycles. The summed E-state index contributed by atoms with van der Waals surface area (Å²) in [6, 6.07) is 14.3. The molecule has 7 N–H and O–H groups in total. The number of nitrogens with two attached hydrogens (primary N) is 1. The third kappa shape index (κ3) is 6.06. The number of anilines is 2. The summed E-state index contributed by atoms with van der Waals surface area (Å²) in [6.45, 7) is 2.68. The first-order valence-corrected chi connectivity index (χ1v) is 14.5. The number of amides is 1. The molecule has 3 aromatic rings. The van der Waals surface area contributed by atoms with E-state index in [9.17, 15) is 24.1 Å². The van der Waals surface area contributed by atoms with Crippen molar-refractivity contribution in [1.29, 1.82) is 0 Å². The van der Waals surface area contributed by atoms with E-state index in [1.165, 1.54) is 11.3 Å². The van der Waals surface area contributed by atoms with Crippen molar-refractivity contribution < 1.29 is 24.1 Å². The van der Waals surface area contributed by atoms with Crippen LogP contribution in [0.2, 0.25) is 0 Å². The molecule has 9 nitrogen and oxygen atoms in total. The highest BCUT2D eigenvalue weighted by molar-refractivity contribution is 8.24. The normalized spacial score (nSPS) is 18.4. The SMILES string of the molecule is CCC(O)c1ccc(-c2cc(C(N)=O)c(Nc3cccc(C(CO)N4CCS(O)(O)CC4)n3)s2)cc1. The van der Waals surface area contributed by atoms with Crippen LogP contribution in [0.25, 0.3) is 10.4 Å². The largest absolute Gasteiger partial charge is 0.394 e. The number of nitrogens with one attached hydrogen (secondary N) is 1. The molecule has 36 heavy (non-hydrogen) atoms. The third-order valence-electron chi connectivity index (χ3n) is 6.34. The Kier molecular flexibility index (Phi) is 8.30. The van der Waals surface area contributed by atoms with Gasteiger partial charge in [-0.1, -0.05) is 37.3 Å². The van der Waals surface area contributed by atoms with E-state index >= 15 is 0 Å². The van der Waals surface area contributed by atoms with E-state index in [0.717, 1.165) is 16.0 Å². The van der Waals surface area contributed by atoms with E-state index in [4.69, 9.17) is 5.73 Å². The minimum absolute atomic E-state index is 0.159. The van der Waals surface area contributed by atoms with Crippen molar-refractivity contribution in [1.82, 2.24) is 9.88 Å². The average Bonchev–Trinajstić information content (AvgIpc) is 3.29. The van der Waals surface area contributed by atoms with E-state index in [-0.39, 0.29) is 24.2 Å². The Hall–Kier alpha value is -2.51. The molecule has 3 heterocycles. The van der Waals surface area contributed by atoms with Crippen LogP contribution in [0.15, 0.2) is 48.5 Å². The van der Waals surface area contributed by atoms with Crippen LogP contribution in [-0.2, 0) is 0 Å². The summed E-state index contributed by atoms with van der Waals surface area (Å²) >= 11 is 1.38. The van der Waals surface area contributed by atoms with Crippen LogP contribution in [0.3, 0.4) is 0 Å². The second kappa shape index (κ2) is 11.3. The molecule has 0 radical (unpaired) electrons. The maximum absolute atomic E-state index is 12.2. The first-order valence-electron chi connectivity index (χ1n) is 11.7. The van der Waals surface area contributed by atoms with Gasteiger partial charge in [-0.05, 0) is 35.7 Å². The van der Waals surface area contributed by atoms with Crippen LogP contribution in [0.5, 0.6) is 0 Å². The highest BCUT2D eigenvalue weighted by atomic mass is 32.3. The zero-order chi connectivity index (χ0) is 25.9. The maximum Gasteiger partial charge on any atom is 0.251 e. The molecular weight excluding hydrogens is 500 g/mol. The number of benzene rings is 1. The summed E-state index contributed by atoms with van der Waals surface area (Å²) in [5, 5.41) is 23.9. The van der Waals surface area contributed by atoms with Gasteiger partial charge in [0.1, 0.15) is 10.8 Å². The Morgan fingerprint density at radius 2 is 1.89 bits per heavy atom. The Balaban J connectivity index is 1.56. The predicted molar refractivity (Wildman–Crippen MR) is 145 cm³/mol. The van der Waals surface area contributed by atoms with Gasteiger partial charge in [0.25, 0.3) is 5.91 Å². The number of thiophene rings is 1. The van der Waals surface area contributed by atoms with Gasteiger partial charge in [-0.3, -0.25) is 18.8 Å². The van der Waals surface area contributed by atoms with Crippen LogP contribution in [-0.4, -0.2) is 66.3 Å². The number of aliphatic hydroxyl groups is 2. The van der Waals surface area contributed by atoms with Gasteiger partial charge in [-0.15, -0.1) is 11.3 Å². The number of hydrogen-bond acceptors (Lipinski definition) is 9. The quantitative estimate of drug-likeness (QED) is 0.240. The second-order valence-electron chi connectivity index (χ2n) is 8.78. The molecule has 0 bridgehead atoms. The van der Waals surface area contributed by atoms with Crippen LogP contribution in [0.1, 0.15) is 47.1 Å². The molecule has 1 aliphatic rings. The summed E-state index contributed by atoms with van der Waals surface area (Å²) in [4.78, 5) is 19.7. The van der Waals surface area contributed by atoms with Crippen LogP contribution >= 0.6 is 21.9 Å². The van der Waals surface area contributed by atoms with Crippen molar-refractivity contribution >= 4 is 38.7 Å². The zero-order valence-corrected chi connectivity index (χ0v) is 21.6. The number of pyridine rings is 1. The fourth-order valence-electron chi connectivity index (χ4n) is 4.19. The standard InChI is InChI=1S/C25H32N4O5S2/c1-2-21(31)16-6-8-17(9-7-16)22-14-18(24(26)32)25(35-22)28-23-5-3-4-19(27-23)20(15-30)29-10-12-36(33,34)13-11-29/h3-9,14,20-21,30-31,33-34H,2,10-13,15H2,1H3,(H2,26,32)(H,27,28). The molecule has 1 aromatic carbocycles. The number of primary amides is 1. The molecule has 1 saturated heterocycles. The molecule has 1 amide bonds. The van der Waals surface area contributed by atoms with Gasteiger partial charge in [-0.2, -0.15) is 10.6 Å². The Labute approximate surface area is 216 Å². The summed E-state index contributed by atoms with van der Waals surface area (Å²) in [5.41, 5.74) is 8.39. The van der Waals surface area contributed by atoms with Crippen molar-refractivity contribution in [3.63, 3.8) is 0 Å². The Bertz CT molecular complexity index is 1190. The number of carbonyl (C=O) groups is 1. The minimum Gasteiger partial charge on any atom is -0.394 e. The van der Waals surface area contributed by atoms with Gasteiger partial charge in [0, 0.05) is 18.0 Å². The van der Waals surface area contributed by atoms with E-state index in [1.807, 2.05) is 48.2 Å². The van der Waals surface area contributed by atoms with Gasteiger partial charge in [0.05, 0.1) is 41.5 Å². The molecule has 2 atom stereocenters. The van der Waals surface area contributed by atoms with Gasteiger partial charge in [-0.25, -0.2) is 4.98 Å². The first kappa shape index (κ1) is 26.6. The topological polar surface area (TPSA) is 152 Å². The summed E-state index contributed by atoms with van der Waals surface area (Å²) < 4.78 is 19.8. The highest BCUT2D eigenvalue weighted by Crippen LogP contribution is 2.42. The van der Waals surface area contributed by atoms with Crippen molar-refractivity contribution in [3.05, 3.63) is 65.4 Å². The molecule has 0 saturated carbocycles. The molecule has 1 fully saturated rings. The number of rotatable bonds is 9. The fraction of sp³-hybridized carbons (Fsp3) is 0.360. The Morgan fingerprint density at radius 3 is 2.50 bits per heavy atom. The lowest BCUT2D eigenvalue weighted by molar-refractivity contribution is 0.100. The zero-order valence-electron chi connectivity index (χ0n) is 20.0. The maximum atomic E-state index is 12.2. The fourth-order valence-corrected chi connectivity index (χ4v) is 6.52. The van der Waals surface area contributed by atoms with Crippen molar-refractivity contribution in [2.24, 2.45) is 5.73 Å². The van der Waals surface area contributed by atoms with Gasteiger partial charge in [0.15, 0.2) is 0 Å². The Morgan fingerprint density at radius 1 is 1.19 bits per heavy atom. The second-order valence-corrected chi connectivity index (χ2v) is 12.3. The lowest BCUT2D eigenvalue weighted by atomic mass is 10.0. The first-order chi connectivity index (χ1) is 17.2. The monoisotopic (exact) mass is 532 g/mol. The van der Waals surface area contributed by atoms with Gasteiger partial charge in [0.2, 0.25) is 0 Å². The minimum atomic E-state index is -2.54. The van der Waals surface area contributed by atoms with Crippen molar-refractivity contribution in [2.45, 2.75) is 25.5 Å². The highest BCUT2D eigenvalue weighted by Gasteiger charge is 2.29. The summed E-state index contributed by atoms with van der Waals surface area (Å²) in [5.74, 6) is 0.499. The lowest BCUT2D eigenvalue weighted by Crippen LogP contribution is -2.42. The smallest absolute Gasteiger partial charge is 0.251 e.